The van der Waals surface area contributed by atoms with E-state index in [2.05, 4.69) is 30.8 Å². The number of alkyl halides is 3. The molecule has 4 aromatic rings. The van der Waals surface area contributed by atoms with Crippen molar-refractivity contribution in [2.75, 3.05) is 25.6 Å². The molecule has 5 rings (SSSR count). The minimum absolute atomic E-state index is 0.203. The van der Waals surface area contributed by atoms with E-state index in [0.717, 1.165) is 43.2 Å². The average Bonchev–Trinajstić information content (AvgIpc) is 3.79. The molecule has 1 aromatic carbocycles. The number of methoxy groups -OCH3 is 1. The number of carbonyl (C=O) groups is 4. The van der Waals surface area contributed by atoms with Crippen LogP contribution in [0, 0.1) is 0 Å². The number of fused-ring (bicyclic) bond motifs is 1. The van der Waals surface area contributed by atoms with Crippen molar-refractivity contribution in [3.05, 3.63) is 62.9 Å². The summed E-state index contributed by atoms with van der Waals surface area (Å²) in [5.74, 6) is -3.49. The van der Waals surface area contributed by atoms with Crippen LogP contribution in [0.3, 0.4) is 0 Å². The van der Waals surface area contributed by atoms with Crippen molar-refractivity contribution >= 4 is 62.4 Å². The first kappa shape index (κ1) is 32.1. The van der Waals surface area contributed by atoms with Crippen LogP contribution in [0.1, 0.15) is 56.1 Å². The number of ether oxygens (including phenoxy) is 2. The highest BCUT2D eigenvalue weighted by atomic mass is 32.1. The summed E-state index contributed by atoms with van der Waals surface area (Å²) in [7, 11) is 1.03. The van der Waals surface area contributed by atoms with Gasteiger partial charge in [0.2, 0.25) is 5.91 Å². The summed E-state index contributed by atoms with van der Waals surface area (Å²) in [5.41, 5.74) is -0.197. The maximum atomic E-state index is 13.9. The maximum Gasteiger partial charge on any atom is 0.435 e. The number of esters is 1. The molecule has 0 radical (unpaired) electrons. The second-order valence-corrected chi connectivity index (χ2v) is 11.9. The number of thiazole rings is 1. The average molecular weight is 665 g/mol. The number of thiophene rings is 1. The van der Waals surface area contributed by atoms with Gasteiger partial charge in [-0.2, -0.15) is 18.3 Å². The Hall–Kier alpha value is -4.35. The Morgan fingerprint density at radius 1 is 1.16 bits per heavy atom. The third-order valence-electron chi connectivity index (χ3n) is 6.86. The molecule has 3 amide bonds. The predicted octanol–water partition coefficient (Wildman–Crippen LogP) is 4.15. The maximum absolute atomic E-state index is 13.9. The SMILES string of the molecule is COC(=O)C(CNC(=O)c1cccs1)NC(=O)c1sc(NC(=O)Cc2cccc3c2cnn3[C@@H]2CCCCO2)nc1C(F)(F)F. The first-order valence-corrected chi connectivity index (χ1v) is 15.4. The van der Waals surface area contributed by atoms with Gasteiger partial charge in [0.15, 0.2) is 17.1 Å². The zero-order chi connectivity index (χ0) is 32.1. The summed E-state index contributed by atoms with van der Waals surface area (Å²) in [6.07, 6.45) is -1.10. The van der Waals surface area contributed by atoms with E-state index >= 15 is 0 Å². The molecule has 1 fully saturated rings. The number of anilines is 1. The number of halogens is 3. The number of carbonyl (C=O) groups excluding carboxylic acids is 4. The van der Waals surface area contributed by atoms with Gasteiger partial charge in [0.1, 0.15) is 10.9 Å². The van der Waals surface area contributed by atoms with E-state index < -0.39 is 58.2 Å². The lowest BCUT2D eigenvalue weighted by Crippen LogP contribution is -2.49. The Labute approximate surface area is 261 Å². The molecule has 45 heavy (non-hydrogen) atoms. The van der Waals surface area contributed by atoms with Crippen LogP contribution in [0.4, 0.5) is 18.3 Å². The topological polar surface area (TPSA) is 154 Å². The largest absolute Gasteiger partial charge is 0.467 e. The minimum atomic E-state index is -5.05. The molecule has 0 saturated carbocycles. The molecule has 0 aliphatic carbocycles. The van der Waals surface area contributed by atoms with Crippen LogP contribution in [0.2, 0.25) is 0 Å². The molecule has 3 N–H and O–H groups in total. The fraction of sp³-hybridized carbons (Fsp3) is 0.357. The Morgan fingerprint density at radius 3 is 2.67 bits per heavy atom. The quantitative estimate of drug-likeness (QED) is 0.214. The zero-order valence-corrected chi connectivity index (χ0v) is 25.3. The van der Waals surface area contributed by atoms with E-state index in [1.807, 2.05) is 6.07 Å². The summed E-state index contributed by atoms with van der Waals surface area (Å²) in [6, 6.07) is 6.97. The Bertz CT molecular complexity index is 1700. The van der Waals surface area contributed by atoms with Gasteiger partial charge in [-0.05, 0) is 42.3 Å². The highest BCUT2D eigenvalue weighted by Crippen LogP contribution is 2.36. The van der Waals surface area contributed by atoms with E-state index in [-0.39, 0.29) is 12.6 Å². The molecule has 1 aliphatic heterocycles. The van der Waals surface area contributed by atoms with Crippen LogP contribution in [0.25, 0.3) is 10.9 Å². The lowest BCUT2D eigenvalue weighted by Gasteiger charge is -2.23. The normalized spacial score (nSPS) is 15.8. The number of nitrogens with zero attached hydrogens (tertiary/aromatic N) is 3. The van der Waals surface area contributed by atoms with E-state index in [0.29, 0.717) is 33.8 Å². The molecule has 12 nitrogen and oxygen atoms in total. The van der Waals surface area contributed by atoms with Crippen molar-refractivity contribution in [2.45, 2.75) is 44.1 Å². The molecular weight excluding hydrogens is 637 g/mol. The molecule has 1 saturated heterocycles. The fourth-order valence-corrected chi connectivity index (χ4v) is 6.28. The second kappa shape index (κ2) is 13.7. The van der Waals surface area contributed by atoms with Crippen molar-refractivity contribution in [1.29, 1.82) is 0 Å². The summed E-state index contributed by atoms with van der Waals surface area (Å²) >= 11 is 1.43. The number of nitrogens with one attached hydrogen (secondary N) is 3. The molecule has 0 bridgehead atoms. The van der Waals surface area contributed by atoms with Crippen molar-refractivity contribution in [2.24, 2.45) is 0 Å². The molecule has 4 heterocycles. The number of hydrogen-bond acceptors (Lipinski definition) is 10. The fourth-order valence-electron chi connectivity index (χ4n) is 4.74. The van der Waals surface area contributed by atoms with Gasteiger partial charge in [0, 0.05) is 18.5 Å². The van der Waals surface area contributed by atoms with Gasteiger partial charge >= 0.3 is 12.1 Å². The summed E-state index contributed by atoms with van der Waals surface area (Å²) < 4.78 is 53.9. The van der Waals surface area contributed by atoms with Gasteiger partial charge in [-0.3, -0.25) is 14.4 Å². The van der Waals surface area contributed by atoms with E-state index in [1.54, 1.807) is 34.5 Å². The van der Waals surface area contributed by atoms with Crippen LogP contribution >= 0.6 is 22.7 Å². The lowest BCUT2D eigenvalue weighted by atomic mass is 10.1. The van der Waals surface area contributed by atoms with Crippen LogP contribution < -0.4 is 16.0 Å². The summed E-state index contributed by atoms with van der Waals surface area (Å²) in [5, 5.41) is 13.3. The molecule has 3 aromatic heterocycles. The molecule has 238 valence electrons. The van der Waals surface area contributed by atoms with Crippen molar-refractivity contribution in [3.63, 3.8) is 0 Å². The first-order chi connectivity index (χ1) is 21.5. The van der Waals surface area contributed by atoms with Crippen molar-refractivity contribution in [1.82, 2.24) is 25.4 Å². The standard InChI is InChI=1S/C28H27F3N6O6S2/c1-42-26(41)17(14-32-24(39)19-8-5-11-44-19)34-25(40)22-23(28(29,30)31)36-27(45-22)35-20(38)12-15-6-4-7-18-16(15)13-33-37(18)21-9-2-3-10-43-21/h4-8,11,13,17,21H,2-3,9-10,12,14H2,1H3,(H,32,39)(H,34,40)(H,35,36,38)/t17?,21-/m0/s1. The molecule has 17 heteroatoms. The third-order valence-corrected chi connectivity index (χ3v) is 8.70. The smallest absolute Gasteiger partial charge is 0.435 e. The molecule has 1 unspecified atom stereocenters. The first-order valence-electron chi connectivity index (χ1n) is 13.7. The van der Waals surface area contributed by atoms with Gasteiger partial charge in [0.25, 0.3) is 11.8 Å². The lowest BCUT2D eigenvalue weighted by molar-refractivity contribution is -0.142. The van der Waals surface area contributed by atoms with Crippen molar-refractivity contribution in [3.8, 4) is 0 Å². The predicted molar refractivity (Wildman–Crippen MR) is 158 cm³/mol. The van der Waals surface area contributed by atoms with Gasteiger partial charge in [0.05, 0.1) is 30.1 Å². The van der Waals surface area contributed by atoms with Gasteiger partial charge in [-0.25, -0.2) is 14.5 Å². The van der Waals surface area contributed by atoms with E-state index in [1.165, 1.54) is 6.07 Å². The Kier molecular flexibility index (Phi) is 9.79. The second-order valence-electron chi connectivity index (χ2n) is 9.92. The van der Waals surface area contributed by atoms with Crippen LogP contribution in [-0.2, 0) is 31.7 Å². The van der Waals surface area contributed by atoms with Crippen molar-refractivity contribution < 1.29 is 41.8 Å². The molecular formula is C28H27F3N6O6S2. The minimum Gasteiger partial charge on any atom is -0.467 e. The summed E-state index contributed by atoms with van der Waals surface area (Å²) in [4.78, 5) is 53.4. The van der Waals surface area contributed by atoms with Gasteiger partial charge in [-0.15, -0.1) is 11.3 Å². The Balaban J connectivity index is 1.30. The third kappa shape index (κ3) is 7.49. The number of aromatic nitrogens is 3. The number of rotatable bonds is 10. The number of hydrogen-bond donors (Lipinski definition) is 3. The van der Waals surface area contributed by atoms with Crippen LogP contribution in [0.5, 0.6) is 0 Å². The van der Waals surface area contributed by atoms with Crippen LogP contribution in [0.15, 0.2) is 41.9 Å². The van der Waals surface area contributed by atoms with E-state index in [4.69, 9.17) is 4.74 Å². The molecule has 0 spiro atoms. The van der Waals surface area contributed by atoms with Crippen LogP contribution in [-0.4, -0.2) is 64.8 Å². The highest BCUT2D eigenvalue weighted by molar-refractivity contribution is 7.17. The molecule has 1 aliphatic rings. The molecule has 2 atom stereocenters. The van der Waals surface area contributed by atoms with Gasteiger partial charge < -0.3 is 25.4 Å². The monoisotopic (exact) mass is 664 g/mol. The highest BCUT2D eigenvalue weighted by Gasteiger charge is 2.40. The number of benzene rings is 1. The van der Waals surface area contributed by atoms with E-state index in [9.17, 15) is 32.3 Å². The zero-order valence-electron chi connectivity index (χ0n) is 23.7. The Morgan fingerprint density at radius 2 is 1.98 bits per heavy atom. The summed E-state index contributed by atoms with van der Waals surface area (Å²) in [6.45, 7) is 0.172. The number of amides is 3. The van der Waals surface area contributed by atoms with Gasteiger partial charge in [-0.1, -0.05) is 29.5 Å².